The summed E-state index contributed by atoms with van der Waals surface area (Å²) in [7, 11) is -2.22. The Morgan fingerprint density at radius 1 is 1.08 bits per heavy atom. The quantitative estimate of drug-likeness (QED) is 0.818. The summed E-state index contributed by atoms with van der Waals surface area (Å²) < 4.78 is 34.7. The molecular weight excluding hydrogens is 346 g/mol. The molecule has 4 nitrogen and oxygen atoms in total. The summed E-state index contributed by atoms with van der Waals surface area (Å²) in [5.74, 6) is 0.635. The molecular formula is C21H27NO3S. The minimum Gasteiger partial charge on any atom is -0.495 e. The summed E-state index contributed by atoms with van der Waals surface area (Å²) >= 11 is 0. The van der Waals surface area contributed by atoms with Crippen molar-refractivity contribution in [2.24, 2.45) is 0 Å². The molecule has 0 unspecified atom stereocenters. The molecule has 0 atom stereocenters. The van der Waals surface area contributed by atoms with Crippen molar-refractivity contribution in [1.29, 1.82) is 0 Å². The van der Waals surface area contributed by atoms with E-state index in [0.29, 0.717) is 11.4 Å². The van der Waals surface area contributed by atoms with Gasteiger partial charge in [0, 0.05) is 0 Å². The van der Waals surface area contributed by atoms with Crippen molar-refractivity contribution in [1.82, 2.24) is 0 Å². The standard InChI is InChI=1S/C21H27NO3S/c1-14(2)18-11-7-8-15(3)21(18)22-26(23,24)20-13-17-10-6-5-9-16(17)12-19(20)25-4/h7-8,11-14,22H,5-6,9-10H2,1-4H3. The molecule has 3 rings (SSSR count). The van der Waals surface area contributed by atoms with E-state index in [2.05, 4.69) is 18.6 Å². The number of fused-ring (bicyclic) bond motifs is 1. The van der Waals surface area contributed by atoms with Crippen molar-refractivity contribution in [3.05, 3.63) is 52.6 Å². The van der Waals surface area contributed by atoms with Crippen LogP contribution >= 0.6 is 0 Å². The molecule has 0 radical (unpaired) electrons. The van der Waals surface area contributed by atoms with Gasteiger partial charge in [0.2, 0.25) is 0 Å². The third-order valence-electron chi connectivity index (χ3n) is 5.08. The Balaban J connectivity index is 2.07. The van der Waals surface area contributed by atoms with Crippen LogP contribution in [-0.2, 0) is 22.9 Å². The zero-order chi connectivity index (χ0) is 18.9. The predicted molar refractivity (Wildman–Crippen MR) is 106 cm³/mol. The number of aryl methyl sites for hydroxylation is 3. The SMILES string of the molecule is COc1cc2c(cc1S(=O)(=O)Nc1c(C)cccc1C(C)C)CCCC2. The number of anilines is 1. The van der Waals surface area contributed by atoms with Crippen LogP contribution in [0.4, 0.5) is 5.69 Å². The Labute approximate surface area is 156 Å². The molecule has 1 aliphatic rings. The molecule has 2 aromatic carbocycles. The number of hydrogen-bond acceptors (Lipinski definition) is 3. The molecule has 140 valence electrons. The molecule has 26 heavy (non-hydrogen) atoms. The van der Waals surface area contributed by atoms with Crippen LogP contribution in [0.3, 0.4) is 0 Å². The average molecular weight is 374 g/mol. The predicted octanol–water partition coefficient (Wildman–Crippen LogP) is 4.81. The Bertz CT molecular complexity index is 917. The Morgan fingerprint density at radius 2 is 1.73 bits per heavy atom. The summed E-state index contributed by atoms with van der Waals surface area (Å²) in [4.78, 5) is 0.221. The molecule has 0 bridgehead atoms. The van der Waals surface area contributed by atoms with E-state index < -0.39 is 10.0 Å². The highest BCUT2D eigenvalue weighted by atomic mass is 32.2. The maximum absolute atomic E-state index is 13.2. The van der Waals surface area contributed by atoms with Gasteiger partial charge in [-0.1, -0.05) is 32.0 Å². The highest BCUT2D eigenvalue weighted by Crippen LogP contribution is 2.35. The van der Waals surface area contributed by atoms with Gasteiger partial charge >= 0.3 is 0 Å². The van der Waals surface area contributed by atoms with Crippen LogP contribution in [0.25, 0.3) is 0 Å². The maximum atomic E-state index is 13.2. The molecule has 0 spiro atoms. The van der Waals surface area contributed by atoms with Gasteiger partial charge in [-0.25, -0.2) is 8.42 Å². The van der Waals surface area contributed by atoms with E-state index in [0.717, 1.165) is 42.4 Å². The Kier molecular flexibility index (Phi) is 5.28. The third kappa shape index (κ3) is 3.58. The number of para-hydroxylation sites is 1. The number of ether oxygens (including phenoxy) is 1. The molecule has 0 fully saturated rings. The van der Waals surface area contributed by atoms with Crippen molar-refractivity contribution in [3.63, 3.8) is 0 Å². The highest BCUT2D eigenvalue weighted by Gasteiger charge is 2.25. The molecule has 1 N–H and O–H groups in total. The lowest BCUT2D eigenvalue weighted by atomic mass is 9.92. The summed E-state index contributed by atoms with van der Waals surface area (Å²) in [5.41, 5.74) is 4.89. The van der Waals surface area contributed by atoms with Crippen molar-refractivity contribution >= 4 is 15.7 Å². The summed E-state index contributed by atoms with van der Waals surface area (Å²) in [5, 5.41) is 0. The number of nitrogens with one attached hydrogen (secondary N) is 1. The number of benzene rings is 2. The van der Waals surface area contributed by atoms with Gasteiger partial charge in [0.1, 0.15) is 10.6 Å². The molecule has 0 amide bonds. The summed E-state index contributed by atoms with van der Waals surface area (Å²) in [6.45, 7) is 6.05. The zero-order valence-electron chi connectivity index (χ0n) is 15.9. The first kappa shape index (κ1) is 18.8. The van der Waals surface area contributed by atoms with E-state index in [1.807, 2.05) is 31.2 Å². The minimum absolute atomic E-state index is 0.220. The second-order valence-corrected chi connectivity index (χ2v) is 8.93. The van der Waals surface area contributed by atoms with E-state index in [4.69, 9.17) is 4.74 Å². The van der Waals surface area contributed by atoms with Crippen LogP contribution in [0.2, 0.25) is 0 Å². The van der Waals surface area contributed by atoms with Gasteiger partial charge < -0.3 is 4.74 Å². The molecule has 2 aromatic rings. The summed E-state index contributed by atoms with van der Waals surface area (Å²) in [6, 6.07) is 9.54. The second kappa shape index (κ2) is 7.31. The smallest absolute Gasteiger partial charge is 0.265 e. The fourth-order valence-corrected chi connectivity index (χ4v) is 4.97. The zero-order valence-corrected chi connectivity index (χ0v) is 16.7. The van der Waals surface area contributed by atoms with Crippen LogP contribution in [0.5, 0.6) is 5.75 Å². The first-order valence-electron chi connectivity index (χ1n) is 9.15. The maximum Gasteiger partial charge on any atom is 0.265 e. The molecule has 5 heteroatoms. The van der Waals surface area contributed by atoms with E-state index in [1.165, 1.54) is 12.7 Å². The first-order chi connectivity index (χ1) is 12.3. The third-order valence-corrected chi connectivity index (χ3v) is 6.45. The number of methoxy groups -OCH3 is 1. The Morgan fingerprint density at radius 3 is 2.35 bits per heavy atom. The largest absolute Gasteiger partial charge is 0.495 e. The monoisotopic (exact) mass is 373 g/mol. The van der Waals surface area contributed by atoms with Gasteiger partial charge in [-0.3, -0.25) is 4.72 Å². The molecule has 0 aliphatic heterocycles. The molecule has 0 aromatic heterocycles. The molecule has 1 aliphatic carbocycles. The number of sulfonamides is 1. The first-order valence-corrected chi connectivity index (χ1v) is 10.6. The van der Waals surface area contributed by atoms with E-state index >= 15 is 0 Å². The minimum atomic E-state index is -3.74. The van der Waals surface area contributed by atoms with Gasteiger partial charge in [-0.2, -0.15) is 0 Å². The van der Waals surface area contributed by atoms with Crippen LogP contribution in [-0.4, -0.2) is 15.5 Å². The fraction of sp³-hybridized carbons (Fsp3) is 0.429. The van der Waals surface area contributed by atoms with Crippen LogP contribution < -0.4 is 9.46 Å². The molecule has 0 heterocycles. The van der Waals surface area contributed by atoms with Gasteiger partial charge in [0.05, 0.1) is 12.8 Å². The van der Waals surface area contributed by atoms with Crippen molar-refractivity contribution in [2.45, 2.75) is 57.3 Å². The summed E-state index contributed by atoms with van der Waals surface area (Å²) in [6.07, 6.45) is 4.14. The molecule has 0 saturated heterocycles. The normalized spacial score (nSPS) is 14.2. The second-order valence-electron chi connectivity index (χ2n) is 7.28. The lowest BCUT2D eigenvalue weighted by Crippen LogP contribution is -2.17. The number of hydrogen-bond donors (Lipinski definition) is 1. The highest BCUT2D eigenvalue weighted by molar-refractivity contribution is 7.92. The van der Waals surface area contributed by atoms with E-state index in [-0.39, 0.29) is 10.8 Å². The van der Waals surface area contributed by atoms with E-state index in [1.54, 1.807) is 6.07 Å². The van der Waals surface area contributed by atoms with Gasteiger partial charge in [0.15, 0.2) is 0 Å². The van der Waals surface area contributed by atoms with Crippen LogP contribution in [0.15, 0.2) is 35.2 Å². The fourth-order valence-electron chi connectivity index (χ4n) is 3.61. The molecule has 0 saturated carbocycles. The van der Waals surface area contributed by atoms with Gasteiger partial charge in [0.25, 0.3) is 10.0 Å². The van der Waals surface area contributed by atoms with Crippen LogP contribution in [0, 0.1) is 6.92 Å². The topological polar surface area (TPSA) is 55.4 Å². The average Bonchev–Trinajstić information content (AvgIpc) is 2.61. The van der Waals surface area contributed by atoms with Crippen LogP contribution in [0.1, 0.15) is 54.9 Å². The van der Waals surface area contributed by atoms with Crippen molar-refractivity contribution in [2.75, 3.05) is 11.8 Å². The number of rotatable bonds is 5. The lowest BCUT2D eigenvalue weighted by Gasteiger charge is -2.21. The van der Waals surface area contributed by atoms with Gasteiger partial charge in [-0.05, 0) is 72.9 Å². The van der Waals surface area contributed by atoms with Gasteiger partial charge in [-0.15, -0.1) is 0 Å². The Hall–Kier alpha value is -2.01. The van der Waals surface area contributed by atoms with E-state index in [9.17, 15) is 8.42 Å². The van der Waals surface area contributed by atoms with Crippen molar-refractivity contribution < 1.29 is 13.2 Å². The van der Waals surface area contributed by atoms with Crippen molar-refractivity contribution in [3.8, 4) is 5.75 Å². The lowest BCUT2D eigenvalue weighted by molar-refractivity contribution is 0.401.